The summed E-state index contributed by atoms with van der Waals surface area (Å²) in [7, 11) is 1.24. The highest BCUT2D eigenvalue weighted by Gasteiger charge is 2.12. The number of methoxy groups -OCH3 is 1. The average Bonchev–Trinajstić information content (AvgIpc) is 2.99. The van der Waals surface area contributed by atoms with Crippen molar-refractivity contribution in [3.05, 3.63) is 38.2 Å². The topological polar surface area (TPSA) is 86.1 Å². The molecule has 0 aliphatic heterocycles. The third kappa shape index (κ3) is 4.02. The Morgan fingerprint density at radius 2 is 2.38 bits per heavy atom. The molecule has 2 rings (SSSR count). The lowest BCUT2D eigenvalue weighted by atomic mass is 10.4. The van der Waals surface area contributed by atoms with Crippen molar-refractivity contribution in [3.63, 3.8) is 0 Å². The molecule has 21 heavy (non-hydrogen) atoms. The summed E-state index contributed by atoms with van der Waals surface area (Å²) in [6, 6.07) is 0. The van der Waals surface area contributed by atoms with Crippen molar-refractivity contribution < 1.29 is 9.53 Å². The van der Waals surface area contributed by atoms with E-state index in [1.165, 1.54) is 13.3 Å². The van der Waals surface area contributed by atoms with Crippen LogP contribution in [0.15, 0.2) is 22.6 Å². The zero-order valence-corrected chi connectivity index (χ0v) is 12.8. The van der Waals surface area contributed by atoms with Crippen molar-refractivity contribution in [3.8, 4) is 0 Å². The van der Waals surface area contributed by atoms with E-state index in [1.54, 1.807) is 17.5 Å². The van der Waals surface area contributed by atoms with Crippen molar-refractivity contribution in [2.45, 2.75) is 13.0 Å². The number of aromatic nitrogens is 3. The Labute approximate surface area is 129 Å². The quantitative estimate of drug-likeness (QED) is 0.801. The summed E-state index contributed by atoms with van der Waals surface area (Å²) in [6.07, 6.45) is 3.87. The summed E-state index contributed by atoms with van der Waals surface area (Å²) in [5.41, 5.74) is -0.111. The van der Waals surface area contributed by atoms with E-state index in [-0.39, 0.29) is 11.6 Å². The van der Waals surface area contributed by atoms with Crippen LogP contribution in [0.5, 0.6) is 0 Å². The molecule has 0 spiro atoms. The second-order valence-electron chi connectivity index (χ2n) is 4.01. The van der Waals surface area contributed by atoms with Crippen LogP contribution < -0.4 is 10.9 Å². The van der Waals surface area contributed by atoms with Crippen molar-refractivity contribution in [1.29, 1.82) is 0 Å². The number of hydrogen-bond donors (Lipinski definition) is 1. The van der Waals surface area contributed by atoms with Gasteiger partial charge in [0.2, 0.25) is 0 Å². The van der Waals surface area contributed by atoms with Gasteiger partial charge in [0.15, 0.2) is 0 Å². The largest absolute Gasteiger partial charge is 0.468 e. The molecule has 0 unspecified atom stereocenters. The van der Waals surface area contributed by atoms with Crippen LogP contribution in [0.4, 0.5) is 5.69 Å². The number of hydrogen-bond acceptors (Lipinski definition) is 7. The number of anilines is 1. The highest BCUT2D eigenvalue weighted by Crippen LogP contribution is 2.15. The highest BCUT2D eigenvalue weighted by atomic mass is 35.5. The number of carbonyl (C=O) groups excluding carboxylic acids is 1. The normalized spacial score (nSPS) is 10.4. The van der Waals surface area contributed by atoms with Crippen LogP contribution in [0.3, 0.4) is 0 Å². The minimum Gasteiger partial charge on any atom is -0.468 e. The van der Waals surface area contributed by atoms with E-state index in [2.05, 4.69) is 20.1 Å². The number of nitrogens with zero attached hydrogens (tertiary/aromatic N) is 3. The van der Waals surface area contributed by atoms with Gasteiger partial charge in [0, 0.05) is 24.5 Å². The van der Waals surface area contributed by atoms with Crippen LogP contribution in [0, 0.1) is 0 Å². The van der Waals surface area contributed by atoms with Crippen LogP contribution in [0.25, 0.3) is 0 Å². The molecule has 7 nitrogen and oxygen atoms in total. The molecule has 0 amide bonds. The maximum atomic E-state index is 11.9. The smallest absolute Gasteiger partial charge is 0.327 e. The molecule has 0 radical (unpaired) electrons. The van der Waals surface area contributed by atoms with E-state index in [9.17, 15) is 9.59 Å². The number of esters is 1. The molecule has 0 bridgehead atoms. The lowest BCUT2D eigenvalue weighted by molar-refractivity contribution is -0.141. The Balaban J connectivity index is 2.02. The third-order valence-corrected chi connectivity index (χ3v) is 3.83. The Morgan fingerprint density at radius 1 is 1.57 bits per heavy atom. The fraction of sp³-hybridized carbons (Fsp3) is 0.333. The maximum Gasteiger partial charge on any atom is 0.327 e. The molecule has 0 fully saturated rings. The molecule has 0 aromatic carbocycles. The molecule has 112 valence electrons. The van der Waals surface area contributed by atoms with E-state index >= 15 is 0 Å². The molecular weight excluding hydrogens is 316 g/mol. The fourth-order valence-electron chi connectivity index (χ4n) is 1.57. The van der Waals surface area contributed by atoms with Gasteiger partial charge in [-0.05, 0) is 0 Å². The molecule has 2 aromatic rings. The molecule has 2 heterocycles. The van der Waals surface area contributed by atoms with Gasteiger partial charge in [0.1, 0.15) is 11.6 Å². The summed E-state index contributed by atoms with van der Waals surface area (Å²) in [6.45, 7) is 0.309. The summed E-state index contributed by atoms with van der Waals surface area (Å²) in [4.78, 5) is 27.2. The van der Waals surface area contributed by atoms with Crippen molar-refractivity contribution in [2.75, 3.05) is 19.0 Å². The van der Waals surface area contributed by atoms with E-state index in [4.69, 9.17) is 11.6 Å². The van der Waals surface area contributed by atoms with Gasteiger partial charge < -0.3 is 10.1 Å². The lowest BCUT2D eigenvalue weighted by Crippen LogP contribution is -2.28. The van der Waals surface area contributed by atoms with Gasteiger partial charge in [-0.1, -0.05) is 11.6 Å². The van der Waals surface area contributed by atoms with E-state index in [0.29, 0.717) is 12.2 Å². The molecular formula is C12H13ClN4O3S. The van der Waals surface area contributed by atoms with Gasteiger partial charge in [-0.2, -0.15) is 5.10 Å². The molecule has 0 atom stereocenters. The van der Waals surface area contributed by atoms with E-state index in [0.717, 1.165) is 16.1 Å². The summed E-state index contributed by atoms with van der Waals surface area (Å²) in [5.74, 6) is -0.565. The Hall–Kier alpha value is -1.93. The number of ether oxygens (including phenoxy) is 1. The number of thiazole rings is 1. The number of rotatable bonds is 6. The number of carbonyl (C=O) groups is 1. The SMILES string of the molecule is COC(=O)Cn1ncc(NCCc2nccs2)c(Cl)c1=O. The molecule has 0 saturated carbocycles. The summed E-state index contributed by atoms with van der Waals surface area (Å²) < 4.78 is 5.44. The molecule has 0 aliphatic rings. The predicted octanol–water partition coefficient (Wildman–Crippen LogP) is 1.18. The summed E-state index contributed by atoms with van der Waals surface area (Å²) >= 11 is 7.54. The second-order valence-corrected chi connectivity index (χ2v) is 5.37. The average molecular weight is 329 g/mol. The first-order valence-corrected chi connectivity index (χ1v) is 7.32. The minimum atomic E-state index is -0.565. The van der Waals surface area contributed by atoms with Gasteiger partial charge in [-0.3, -0.25) is 9.59 Å². The lowest BCUT2D eigenvalue weighted by Gasteiger charge is -2.09. The number of nitrogens with one attached hydrogen (secondary N) is 1. The van der Waals surface area contributed by atoms with Gasteiger partial charge >= 0.3 is 5.97 Å². The van der Waals surface area contributed by atoms with Gasteiger partial charge in [-0.15, -0.1) is 11.3 Å². The number of halogens is 1. The zero-order valence-electron chi connectivity index (χ0n) is 11.2. The molecule has 9 heteroatoms. The van der Waals surface area contributed by atoms with Gasteiger partial charge in [-0.25, -0.2) is 9.67 Å². The Kier molecular flexibility index (Phi) is 5.29. The van der Waals surface area contributed by atoms with Crippen molar-refractivity contribution >= 4 is 34.6 Å². The standard InChI is InChI=1S/C12H13ClN4O3S/c1-20-10(18)7-17-12(19)11(13)8(6-16-17)14-3-2-9-15-4-5-21-9/h4-6,14H,2-3,7H2,1H3. The zero-order chi connectivity index (χ0) is 15.2. The van der Waals surface area contributed by atoms with Gasteiger partial charge in [0.05, 0.1) is 24.0 Å². The molecule has 2 aromatic heterocycles. The molecule has 0 saturated heterocycles. The van der Waals surface area contributed by atoms with Crippen molar-refractivity contribution in [2.24, 2.45) is 0 Å². The maximum absolute atomic E-state index is 11.9. The summed E-state index contributed by atoms with van der Waals surface area (Å²) in [5, 5.41) is 9.80. The van der Waals surface area contributed by atoms with E-state index in [1.807, 2.05) is 5.38 Å². The monoisotopic (exact) mass is 328 g/mol. The first kappa shape index (κ1) is 15.5. The third-order valence-electron chi connectivity index (χ3n) is 2.63. The van der Waals surface area contributed by atoms with Gasteiger partial charge in [0.25, 0.3) is 5.56 Å². The Bertz CT molecular complexity index is 672. The first-order valence-electron chi connectivity index (χ1n) is 6.06. The fourth-order valence-corrected chi connectivity index (χ4v) is 2.40. The predicted molar refractivity (Wildman–Crippen MR) is 79.8 cm³/mol. The van der Waals surface area contributed by atoms with E-state index < -0.39 is 11.5 Å². The molecule has 0 aliphatic carbocycles. The van der Waals surface area contributed by atoms with Crippen LogP contribution in [0.1, 0.15) is 5.01 Å². The van der Waals surface area contributed by atoms with Crippen LogP contribution in [-0.2, 0) is 22.5 Å². The van der Waals surface area contributed by atoms with Crippen LogP contribution in [-0.4, -0.2) is 34.4 Å². The van der Waals surface area contributed by atoms with Crippen LogP contribution in [0.2, 0.25) is 5.02 Å². The van der Waals surface area contributed by atoms with Crippen molar-refractivity contribution in [1.82, 2.24) is 14.8 Å². The second kappa shape index (κ2) is 7.19. The molecule has 1 N–H and O–H groups in total. The van der Waals surface area contributed by atoms with Crippen LogP contribution >= 0.6 is 22.9 Å². The Morgan fingerprint density at radius 3 is 3.05 bits per heavy atom. The minimum absolute atomic E-state index is 0.00644. The first-order chi connectivity index (χ1) is 10.1. The highest BCUT2D eigenvalue weighted by molar-refractivity contribution is 7.09.